The van der Waals surface area contributed by atoms with E-state index < -0.39 is 0 Å². The van der Waals surface area contributed by atoms with Gasteiger partial charge < -0.3 is 14.5 Å². The summed E-state index contributed by atoms with van der Waals surface area (Å²) >= 11 is 0. The Morgan fingerprint density at radius 2 is 2.04 bits per heavy atom. The molecule has 0 atom stereocenters. The van der Waals surface area contributed by atoms with Crippen LogP contribution in [-0.4, -0.2) is 63.7 Å². The smallest absolute Gasteiger partial charge is 0.240 e. The molecule has 2 aliphatic heterocycles. The molecule has 140 valence electrons. The minimum Gasteiger partial charge on any atom is -0.396 e. The summed E-state index contributed by atoms with van der Waals surface area (Å²) in [4.78, 5) is 20.9. The third kappa shape index (κ3) is 4.39. The Bertz CT molecular complexity index is 579. The number of hydrogen-bond donors (Lipinski definition) is 1. The third-order valence-electron chi connectivity index (χ3n) is 5.61. The van der Waals surface area contributed by atoms with Crippen LogP contribution in [0.25, 0.3) is 0 Å². The molecule has 7 nitrogen and oxygen atoms in total. The SMILES string of the molecule is CC(C)c1noc(CN2CCC3(CCC(=O)N(CCCO)C3)CC2)n1. The number of nitrogens with zero attached hydrogens (tertiary/aromatic N) is 4. The van der Waals surface area contributed by atoms with Crippen LogP contribution in [0.15, 0.2) is 4.52 Å². The zero-order valence-electron chi connectivity index (χ0n) is 15.4. The van der Waals surface area contributed by atoms with Crippen molar-refractivity contribution in [3.05, 3.63) is 11.7 Å². The lowest BCUT2D eigenvalue weighted by Gasteiger charge is -2.47. The molecule has 3 heterocycles. The van der Waals surface area contributed by atoms with E-state index in [0.717, 1.165) is 44.7 Å². The maximum absolute atomic E-state index is 12.1. The van der Waals surface area contributed by atoms with Gasteiger partial charge in [0.2, 0.25) is 11.8 Å². The van der Waals surface area contributed by atoms with Crippen molar-refractivity contribution in [2.75, 3.05) is 32.8 Å². The van der Waals surface area contributed by atoms with Gasteiger partial charge in [-0.3, -0.25) is 9.69 Å². The number of carbonyl (C=O) groups is 1. The molecular weight excluding hydrogens is 320 g/mol. The maximum atomic E-state index is 12.1. The number of likely N-dealkylation sites (tertiary alicyclic amines) is 2. The number of piperidine rings is 2. The molecule has 0 unspecified atom stereocenters. The highest BCUT2D eigenvalue weighted by Gasteiger charge is 2.40. The van der Waals surface area contributed by atoms with Crippen molar-refractivity contribution in [3.8, 4) is 0 Å². The molecule has 0 radical (unpaired) electrons. The Labute approximate surface area is 149 Å². The summed E-state index contributed by atoms with van der Waals surface area (Å²) in [5.74, 6) is 2.00. The molecule has 1 aromatic heterocycles. The third-order valence-corrected chi connectivity index (χ3v) is 5.61. The second-order valence-electron chi connectivity index (χ2n) is 7.87. The van der Waals surface area contributed by atoms with Crippen LogP contribution < -0.4 is 0 Å². The lowest BCUT2D eigenvalue weighted by Crippen LogP contribution is -2.51. The Balaban J connectivity index is 1.52. The number of carbonyl (C=O) groups excluding carboxylic acids is 1. The van der Waals surface area contributed by atoms with Crippen LogP contribution >= 0.6 is 0 Å². The molecule has 1 N–H and O–H groups in total. The quantitative estimate of drug-likeness (QED) is 0.842. The molecule has 1 aromatic rings. The van der Waals surface area contributed by atoms with E-state index in [4.69, 9.17) is 9.63 Å². The van der Waals surface area contributed by atoms with Crippen LogP contribution in [0, 0.1) is 5.41 Å². The number of aliphatic hydroxyl groups excluding tert-OH is 1. The molecule has 2 fully saturated rings. The number of rotatable bonds is 6. The largest absolute Gasteiger partial charge is 0.396 e. The predicted molar refractivity (Wildman–Crippen MR) is 92.8 cm³/mol. The summed E-state index contributed by atoms with van der Waals surface area (Å²) in [5.41, 5.74) is 0.248. The summed E-state index contributed by atoms with van der Waals surface area (Å²) in [6.07, 6.45) is 4.51. The second-order valence-corrected chi connectivity index (χ2v) is 7.87. The Morgan fingerprint density at radius 3 is 2.68 bits per heavy atom. The van der Waals surface area contributed by atoms with E-state index in [1.807, 2.05) is 4.90 Å². The van der Waals surface area contributed by atoms with E-state index in [9.17, 15) is 4.79 Å². The molecule has 1 amide bonds. The topological polar surface area (TPSA) is 82.7 Å². The first kappa shape index (κ1) is 18.3. The first-order valence-corrected chi connectivity index (χ1v) is 9.45. The zero-order valence-corrected chi connectivity index (χ0v) is 15.4. The van der Waals surface area contributed by atoms with Gasteiger partial charge in [-0.15, -0.1) is 0 Å². The first-order valence-electron chi connectivity index (χ1n) is 9.45. The highest BCUT2D eigenvalue weighted by molar-refractivity contribution is 5.77. The minimum absolute atomic E-state index is 0.146. The van der Waals surface area contributed by atoms with Crippen molar-refractivity contribution in [1.29, 1.82) is 0 Å². The highest BCUT2D eigenvalue weighted by Crippen LogP contribution is 2.40. The first-order chi connectivity index (χ1) is 12.0. The Kier molecular flexibility index (Phi) is 5.74. The van der Waals surface area contributed by atoms with Crippen LogP contribution in [0.5, 0.6) is 0 Å². The van der Waals surface area contributed by atoms with Crippen molar-refractivity contribution >= 4 is 5.91 Å². The molecule has 3 rings (SSSR count). The number of hydrogen-bond acceptors (Lipinski definition) is 6. The highest BCUT2D eigenvalue weighted by atomic mass is 16.5. The van der Waals surface area contributed by atoms with E-state index >= 15 is 0 Å². The summed E-state index contributed by atoms with van der Waals surface area (Å²) in [5, 5.41) is 13.1. The van der Waals surface area contributed by atoms with Gasteiger partial charge in [-0.25, -0.2) is 0 Å². The van der Waals surface area contributed by atoms with Crippen LogP contribution in [0.2, 0.25) is 0 Å². The van der Waals surface area contributed by atoms with E-state index in [0.29, 0.717) is 31.8 Å². The van der Waals surface area contributed by atoms with Gasteiger partial charge in [0.05, 0.1) is 6.54 Å². The summed E-state index contributed by atoms with van der Waals surface area (Å²) in [7, 11) is 0. The summed E-state index contributed by atoms with van der Waals surface area (Å²) in [6.45, 7) is 8.51. The molecule has 0 aliphatic carbocycles. The molecule has 0 saturated carbocycles. The van der Waals surface area contributed by atoms with Gasteiger partial charge in [-0.05, 0) is 44.2 Å². The lowest BCUT2D eigenvalue weighted by atomic mass is 9.72. The summed E-state index contributed by atoms with van der Waals surface area (Å²) < 4.78 is 5.36. The molecule has 1 spiro atoms. The van der Waals surface area contributed by atoms with Crippen LogP contribution in [0.4, 0.5) is 0 Å². The van der Waals surface area contributed by atoms with E-state index in [1.165, 1.54) is 0 Å². The van der Waals surface area contributed by atoms with Crippen molar-refractivity contribution < 1.29 is 14.4 Å². The molecule has 0 bridgehead atoms. The fourth-order valence-electron chi connectivity index (χ4n) is 3.92. The number of amides is 1. The lowest BCUT2D eigenvalue weighted by molar-refractivity contribution is -0.139. The fraction of sp³-hybridized carbons (Fsp3) is 0.833. The van der Waals surface area contributed by atoms with Gasteiger partial charge in [-0.2, -0.15) is 4.98 Å². The standard InChI is InChI=1S/C18H30N4O3/c1-14(2)17-19-15(25-20-17)12-21-9-6-18(7-10-21)5-4-16(24)22(13-18)8-3-11-23/h14,23H,3-13H2,1-2H3. The molecule has 2 aliphatic rings. The van der Waals surface area contributed by atoms with Crippen molar-refractivity contribution in [2.24, 2.45) is 5.41 Å². The molecule has 25 heavy (non-hydrogen) atoms. The Morgan fingerprint density at radius 1 is 1.28 bits per heavy atom. The van der Waals surface area contributed by atoms with Gasteiger partial charge in [0.15, 0.2) is 5.82 Å². The van der Waals surface area contributed by atoms with Crippen LogP contribution in [-0.2, 0) is 11.3 Å². The second kappa shape index (κ2) is 7.83. The fourth-order valence-corrected chi connectivity index (χ4v) is 3.92. The average molecular weight is 350 g/mol. The maximum Gasteiger partial charge on any atom is 0.240 e. The normalized spacial score (nSPS) is 21.4. The van der Waals surface area contributed by atoms with E-state index in [2.05, 4.69) is 28.9 Å². The van der Waals surface area contributed by atoms with Gasteiger partial charge in [0.25, 0.3) is 0 Å². The van der Waals surface area contributed by atoms with E-state index in [1.54, 1.807) is 0 Å². The molecular formula is C18H30N4O3. The number of aliphatic hydroxyl groups is 1. The van der Waals surface area contributed by atoms with Crippen LogP contribution in [0.1, 0.15) is 63.6 Å². The van der Waals surface area contributed by atoms with Gasteiger partial charge in [-0.1, -0.05) is 19.0 Å². The van der Waals surface area contributed by atoms with Gasteiger partial charge in [0, 0.05) is 32.0 Å². The van der Waals surface area contributed by atoms with E-state index in [-0.39, 0.29) is 23.8 Å². The van der Waals surface area contributed by atoms with Crippen molar-refractivity contribution in [2.45, 2.75) is 58.4 Å². The molecule has 0 aromatic carbocycles. The van der Waals surface area contributed by atoms with Gasteiger partial charge in [0.1, 0.15) is 0 Å². The Hall–Kier alpha value is -1.47. The van der Waals surface area contributed by atoms with Gasteiger partial charge >= 0.3 is 0 Å². The molecule has 2 saturated heterocycles. The minimum atomic E-state index is 0.146. The molecule has 7 heteroatoms. The van der Waals surface area contributed by atoms with Crippen LogP contribution in [0.3, 0.4) is 0 Å². The average Bonchev–Trinajstić information content (AvgIpc) is 3.07. The summed E-state index contributed by atoms with van der Waals surface area (Å²) in [6, 6.07) is 0. The monoisotopic (exact) mass is 350 g/mol. The van der Waals surface area contributed by atoms with Crippen molar-refractivity contribution in [3.63, 3.8) is 0 Å². The van der Waals surface area contributed by atoms with Crippen molar-refractivity contribution in [1.82, 2.24) is 19.9 Å². The predicted octanol–water partition coefficient (Wildman–Crippen LogP) is 1.78. The zero-order chi connectivity index (χ0) is 17.9. The number of aromatic nitrogens is 2.